The first-order valence-electron chi connectivity index (χ1n) is 5.61. The largest absolute Gasteiger partial charge is 0.481 e. The number of carboxylic acid groups (broad SMARTS) is 1. The number of aliphatic carboxylic acids is 1. The maximum absolute atomic E-state index is 10.9. The summed E-state index contributed by atoms with van der Waals surface area (Å²) in [6.07, 6.45) is 2.65. The van der Waals surface area contributed by atoms with Crippen LogP contribution in [-0.4, -0.2) is 24.2 Å². The monoisotopic (exact) mass is 239 g/mol. The Labute approximate surface area is 99.5 Å². The summed E-state index contributed by atoms with van der Waals surface area (Å²) < 4.78 is 0. The molecule has 88 valence electrons. The van der Waals surface area contributed by atoms with E-state index in [0.29, 0.717) is 6.54 Å². The molecule has 0 aromatic carbocycles. The molecule has 2 N–H and O–H groups in total. The number of thiophene rings is 1. The Hall–Kier alpha value is -0.870. The van der Waals surface area contributed by atoms with Gasteiger partial charge in [0.2, 0.25) is 0 Å². The lowest BCUT2D eigenvalue weighted by Gasteiger charge is -2.10. The van der Waals surface area contributed by atoms with Crippen molar-refractivity contribution in [3.63, 3.8) is 0 Å². The molecular formula is C12H17NO2S. The van der Waals surface area contributed by atoms with Gasteiger partial charge in [0.25, 0.3) is 0 Å². The molecule has 2 rings (SSSR count). The third kappa shape index (κ3) is 2.44. The predicted octanol–water partition coefficient (Wildman–Crippen LogP) is 2.05. The van der Waals surface area contributed by atoms with Crippen LogP contribution in [0.4, 0.5) is 0 Å². The Morgan fingerprint density at radius 2 is 2.38 bits per heavy atom. The number of aryl methyl sites for hydroxylation is 1. The molecule has 1 fully saturated rings. The Morgan fingerprint density at radius 3 is 2.88 bits per heavy atom. The van der Waals surface area contributed by atoms with Gasteiger partial charge in [-0.2, -0.15) is 0 Å². The van der Waals surface area contributed by atoms with E-state index in [1.165, 1.54) is 10.4 Å². The molecule has 1 aromatic rings. The fraction of sp³-hybridized carbons (Fsp3) is 0.583. The zero-order valence-corrected chi connectivity index (χ0v) is 10.3. The van der Waals surface area contributed by atoms with Crippen LogP contribution in [0.25, 0.3) is 0 Å². The molecule has 1 heterocycles. The molecule has 1 saturated carbocycles. The minimum atomic E-state index is -0.646. The SMILES string of the molecule is Cc1ccsc1CCNCC1(C(=O)O)CC1. The molecular weight excluding hydrogens is 222 g/mol. The van der Waals surface area contributed by atoms with E-state index in [-0.39, 0.29) is 0 Å². The number of carbonyl (C=O) groups is 1. The van der Waals surface area contributed by atoms with E-state index in [1.54, 1.807) is 11.3 Å². The highest BCUT2D eigenvalue weighted by atomic mass is 32.1. The lowest BCUT2D eigenvalue weighted by Crippen LogP contribution is -2.31. The molecule has 0 radical (unpaired) electrons. The van der Waals surface area contributed by atoms with E-state index in [0.717, 1.165) is 25.8 Å². The van der Waals surface area contributed by atoms with Crippen molar-refractivity contribution in [2.24, 2.45) is 5.41 Å². The molecule has 0 saturated heterocycles. The highest BCUT2D eigenvalue weighted by Gasteiger charge is 2.49. The van der Waals surface area contributed by atoms with Crippen LogP contribution in [0.1, 0.15) is 23.3 Å². The van der Waals surface area contributed by atoms with E-state index >= 15 is 0 Å². The average molecular weight is 239 g/mol. The van der Waals surface area contributed by atoms with E-state index in [9.17, 15) is 4.79 Å². The fourth-order valence-electron chi connectivity index (χ4n) is 1.81. The van der Waals surface area contributed by atoms with Gasteiger partial charge >= 0.3 is 5.97 Å². The van der Waals surface area contributed by atoms with Gasteiger partial charge in [0.1, 0.15) is 0 Å². The average Bonchev–Trinajstić information content (AvgIpc) is 2.93. The highest BCUT2D eigenvalue weighted by molar-refractivity contribution is 7.10. The van der Waals surface area contributed by atoms with Gasteiger partial charge in [-0.05, 0) is 43.2 Å². The summed E-state index contributed by atoms with van der Waals surface area (Å²) in [6, 6.07) is 2.12. The summed E-state index contributed by atoms with van der Waals surface area (Å²) in [7, 11) is 0. The van der Waals surface area contributed by atoms with Crippen LogP contribution in [0.2, 0.25) is 0 Å². The van der Waals surface area contributed by atoms with Crippen LogP contribution in [0.5, 0.6) is 0 Å². The van der Waals surface area contributed by atoms with Crippen molar-refractivity contribution in [2.75, 3.05) is 13.1 Å². The maximum Gasteiger partial charge on any atom is 0.310 e. The number of carboxylic acids is 1. The van der Waals surface area contributed by atoms with E-state index in [2.05, 4.69) is 23.7 Å². The Bertz CT molecular complexity index is 382. The molecule has 1 aromatic heterocycles. The van der Waals surface area contributed by atoms with Crippen molar-refractivity contribution < 1.29 is 9.90 Å². The molecule has 1 aliphatic rings. The minimum Gasteiger partial charge on any atom is -0.481 e. The second kappa shape index (κ2) is 4.55. The molecule has 1 aliphatic carbocycles. The van der Waals surface area contributed by atoms with Gasteiger partial charge in [0, 0.05) is 18.0 Å². The molecule has 4 heteroatoms. The summed E-state index contributed by atoms with van der Waals surface area (Å²) in [6.45, 7) is 3.61. The second-order valence-electron chi connectivity index (χ2n) is 4.54. The molecule has 16 heavy (non-hydrogen) atoms. The van der Waals surface area contributed by atoms with Gasteiger partial charge in [0.15, 0.2) is 0 Å². The van der Waals surface area contributed by atoms with Gasteiger partial charge < -0.3 is 10.4 Å². The van der Waals surface area contributed by atoms with Crippen LogP contribution in [0, 0.1) is 12.3 Å². The number of hydrogen-bond donors (Lipinski definition) is 2. The minimum absolute atomic E-state index is 0.440. The summed E-state index contributed by atoms with van der Waals surface area (Å²) >= 11 is 1.77. The van der Waals surface area contributed by atoms with E-state index < -0.39 is 11.4 Å². The predicted molar refractivity (Wildman–Crippen MR) is 64.9 cm³/mol. The summed E-state index contributed by atoms with van der Waals surface area (Å²) in [5, 5.41) is 14.4. The second-order valence-corrected chi connectivity index (χ2v) is 5.54. The first kappa shape index (κ1) is 11.6. The third-order valence-corrected chi connectivity index (χ3v) is 4.35. The number of hydrogen-bond acceptors (Lipinski definition) is 3. The third-order valence-electron chi connectivity index (χ3n) is 3.27. The topological polar surface area (TPSA) is 49.3 Å². The molecule has 0 aliphatic heterocycles. The molecule has 3 nitrogen and oxygen atoms in total. The quantitative estimate of drug-likeness (QED) is 0.747. The molecule has 0 bridgehead atoms. The number of rotatable bonds is 6. The standard InChI is InChI=1S/C12H17NO2S/c1-9-3-7-16-10(9)2-6-13-8-12(4-5-12)11(14)15/h3,7,13H,2,4-6,8H2,1H3,(H,14,15). The van der Waals surface area contributed by atoms with Crippen LogP contribution in [-0.2, 0) is 11.2 Å². The van der Waals surface area contributed by atoms with Crippen LogP contribution < -0.4 is 5.32 Å². The zero-order valence-electron chi connectivity index (χ0n) is 9.45. The Morgan fingerprint density at radius 1 is 1.62 bits per heavy atom. The molecule has 0 spiro atoms. The van der Waals surface area contributed by atoms with Crippen LogP contribution in [0.15, 0.2) is 11.4 Å². The van der Waals surface area contributed by atoms with Gasteiger partial charge in [-0.1, -0.05) is 0 Å². The zero-order chi connectivity index (χ0) is 11.6. The van der Waals surface area contributed by atoms with Crippen molar-refractivity contribution in [3.05, 3.63) is 21.9 Å². The van der Waals surface area contributed by atoms with Crippen molar-refractivity contribution in [1.82, 2.24) is 5.32 Å². The summed E-state index contributed by atoms with van der Waals surface area (Å²) in [5.41, 5.74) is 0.899. The van der Waals surface area contributed by atoms with Gasteiger partial charge in [0.05, 0.1) is 5.41 Å². The van der Waals surface area contributed by atoms with Crippen molar-refractivity contribution in [1.29, 1.82) is 0 Å². The maximum atomic E-state index is 10.9. The van der Waals surface area contributed by atoms with E-state index in [1.807, 2.05) is 0 Å². The lowest BCUT2D eigenvalue weighted by molar-refractivity contribution is -0.143. The first-order chi connectivity index (χ1) is 7.64. The van der Waals surface area contributed by atoms with Gasteiger partial charge in [-0.3, -0.25) is 4.79 Å². The van der Waals surface area contributed by atoms with Crippen LogP contribution >= 0.6 is 11.3 Å². The Kier molecular flexibility index (Phi) is 3.30. The summed E-state index contributed by atoms with van der Waals surface area (Å²) in [4.78, 5) is 12.3. The highest BCUT2D eigenvalue weighted by Crippen LogP contribution is 2.45. The van der Waals surface area contributed by atoms with E-state index in [4.69, 9.17) is 5.11 Å². The molecule has 0 unspecified atom stereocenters. The van der Waals surface area contributed by atoms with Crippen molar-refractivity contribution in [2.45, 2.75) is 26.2 Å². The summed E-state index contributed by atoms with van der Waals surface area (Å²) in [5.74, 6) is -0.646. The fourth-order valence-corrected chi connectivity index (χ4v) is 2.72. The Balaban J connectivity index is 1.70. The van der Waals surface area contributed by atoms with Gasteiger partial charge in [-0.25, -0.2) is 0 Å². The molecule has 0 amide bonds. The number of nitrogens with one attached hydrogen (secondary N) is 1. The van der Waals surface area contributed by atoms with Crippen molar-refractivity contribution >= 4 is 17.3 Å². The molecule has 0 atom stereocenters. The van der Waals surface area contributed by atoms with Crippen LogP contribution in [0.3, 0.4) is 0 Å². The smallest absolute Gasteiger partial charge is 0.310 e. The first-order valence-corrected chi connectivity index (χ1v) is 6.49. The lowest BCUT2D eigenvalue weighted by atomic mass is 10.1. The van der Waals surface area contributed by atoms with Crippen molar-refractivity contribution in [3.8, 4) is 0 Å². The van der Waals surface area contributed by atoms with Gasteiger partial charge in [-0.15, -0.1) is 11.3 Å². The normalized spacial score (nSPS) is 17.3.